The quantitative estimate of drug-likeness (QED) is 0.802. The zero-order chi connectivity index (χ0) is 11.7. The number of rotatable bonds is 1. The smallest absolute Gasteiger partial charge is 0.161 e. The van der Waals surface area contributed by atoms with Crippen LogP contribution in [-0.2, 0) is 0 Å². The van der Waals surface area contributed by atoms with Crippen molar-refractivity contribution in [3.8, 4) is 22.6 Å². The average Bonchev–Trinajstić information content (AvgIpc) is 2.39. The summed E-state index contributed by atoms with van der Waals surface area (Å²) in [6.07, 6.45) is 1.61. The van der Waals surface area contributed by atoms with Gasteiger partial charge in [0.05, 0.1) is 6.20 Å². The number of nitrogen functional groups attached to an aromatic ring is 1. The van der Waals surface area contributed by atoms with Crippen LogP contribution >= 0.6 is 0 Å². The van der Waals surface area contributed by atoms with E-state index in [-0.39, 0.29) is 0 Å². The summed E-state index contributed by atoms with van der Waals surface area (Å²) in [5.74, 6) is 1.91. The largest absolute Gasteiger partial charge is 0.486 e. The van der Waals surface area contributed by atoms with E-state index in [0.717, 1.165) is 22.6 Å². The summed E-state index contributed by atoms with van der Waals surface area (Å²) >= 11 is 0. The SMILES string of the molecule is Nc1nnccc1-c1ccc2c(c1)OCCO2. The molecule has 5 heteroatoms. The fraction of sp³-hybridized carbons (Fsp3) is 0.167. The van der Waals surface area contributed by atoms with Crippen molar-refractivity contribution >= 4 is 5.82 Å². The second-order valence-electron chi connectivity index (χ2n) is 3.69. The van der Waals surface area contributed by atoms with Crippen LogP contribution < -0.4 is 15.2 Å². The Hall–Kier alpha value is -2.30. The molecule has 5 nitrogen and oxygen atoms in total. The summed E-state index contributed by atoms with van der Waals surface area (Å²) in [5.41, 5.74) is 7.57. The van der Waals surface area contributed by atoms with Crippen molar-refractivity contribution in [2.24, 2.45) is 0 Å². The highest BCUT2D eigenvalue weighted by Crippen LogP contribution is 2.35. The molecule has 2 heterocycles. The van der Waals surface area contributed by atoms with Crippen LogP contribution in [0.4, 0.5) is 5.82 Å². The number of nitrogens with two attached hydrogens (primary N) is 1. The van der Waals surface area contributed by atoms with Gasteiger partial charge in [0.15, 0.2) is 17.3 Å². The summed E-state index contributed by atoms with van der Waals surface area (Å²) in [5, 5.41) is 7.55. The van der Waals surface area contributed by atoms with Crippen molar-refractivity contribution in [1.29, 1.82) is 0 Å². The topological polar surface area (TPSA) is 70.3 Å². The van der Waals surface area contributed by atoms with Gasteiger partial charge in [-0.25, -0.2) is 0 Å². The molecule has 2 N–H and O–H groups in total. The molecular formula is C12H11N3O2. The lowest BCUT2D eigenvalue weighted by molar-refractivity contribution is 0.171. The Morgan fingerprint density at radius 3 is 2.71 bits per heavy atom. The first-order valence-corrected chi connectivity index (χ1v) is 5.32. The van der Waals surface area contributed by atoms with Gasteiger partial charge in [0.1, 0.15) is 13.2 Å². The highest BCUT2D eigenvalue weighted by molar-refractivity contribution is 5.75. The fourth-order valence-electron chi connectivity index (χ4n) is 1.80. The molecule has 1 aromatic heterocycles. The number of anilines is 1. The molecule has 0 bridgehead atoms. The molecule has 0 spiro atoms. The number of aromatic nitrogens is 2. The number of hydrogen-bond acceptors (Lipinski definition) is 5. The van der Waals surface area contributed by atoms with E-state index in [4.69, 9.17) is 15.2 Å². The van der Waals surface area contributed by atoms with Gasteiger partial charge in [0, 0.05) is 5.56 Å². The maximum absolute atomic E-state index is 5.78. The molecule has 3 rings (SSSR count). The highest BCUT2D eigenvalue weighted by atomic mass is 16.6. The summed E-state index contributed by atoms with van der Waals surface area (Å²) in [6, 6.07) is 7.54. The molecule has 1 aliphatic heterocycles. The molecule has 2 aromatic rings. The Bertz CT molecular complexity index is 557. The predicted molar refractivity (Wildman–Crippen MR) is 62.9 cm³/mol. The van der Waals surface area contributed by atoms with Gasteiger partial charge >= 0.3 is 0 Å². The minimum Gasteiger partial charge on any atom is -0.486 e. The minimum atomic E-state index is 0.407. The van der Waals surface area contributed by atoms with E-state index in [1.165, 1.54) is 0 Å². The summed E-state index contributed by atoms with van der Waals surface area (Å²) in [4.78, 5) is 0. The first kappa shape index (κ1) is 9.89. The van der Waals surface area contributed by atoms with Gasteiger partial charge in [0.25, 0.3) is 0 Å². The average molecular weight is 229 g/mol. The maximum atomic E-state index is 5.78. The third kappa shape index (κ3) is 1.75. The van der Waals surface area contributed by atoms with E-state index >= 15 is 0 Å². The van der Waals surface area contributed by atoms with E-state index in [1.54, 1.807) is 6.20 Å². The van der Waals surface area contributed by atoms with E-state index in [9.17, 15) is 0 Å². The van der Waals surface area contributed by atoms with Crippen molar-refractivity contribution in [3.05, 3.63) is 30.5 Å². The summed E-state index contributed by atoms with van der Waals surface area (Å²) in [6.45, 7) is 1.16. The molecule has 1 aliphatic rings. The molecule has 17 heavy (non-hydrogen) atoms. The lowest BCUT2D eigenvalue weighted by Crippen LogP contribution is -2.15. The van der Waals surface area contributed by atoms with Crippen molar-refractivity contribution < 1.29 is 9.47 Å². The second kappa shape index (κ2) is 3.93. The monoisotopic (exact) mass is 229 g/mol. The van der Waals surface area contributed by atoms with Crippen molar-refractivity contribution in [3.63, 3.8) is 0 Å². The molecule has 0 fully saturated rings. The van der Waals surface area contributed by atoms with Crippen molar-refractivity contribution in [2.75, 3.05) is 18.9 Å². The van der Waals surface area contributed by atoms with Gasteiger partial charge < -0.3 is 15.2 Å². The normalized spacial score (nSPS) is 13.4. The molecule has 0 amide bonds. The van der Waals surface area contributed by atoms with Crippen LogP contribution in [0.3, 0.4) is 0 Å². The van der Waals surface area contributed by atoms with Crippen molar-refractivity contribution in [1.82, 2.24) is 10.2 Å². The fourth-order valence-corrected chi connectivity index (χ4v) is 1.80. The van der Waals surface area contributed by atoms with Crippen LogP contribution in [0.2, 0.25) is 0 Å². The second-order valence-corrected chi connectivity index (χ2v) is 3.69. The van der Waals surface area contributed by atoms with Crippen LogP contribution in [0.15, 0.2) is 30.5 Å². The van der Waals surface area contributed by atoms with Crippen LogP contribution in [0.25, 0.3) is 11.1 Å². The lowest BCUT2D eigenvalue weighted by Gasteiger charge is -2.19. The minimum absolute atomic E-state index is 0.407. The van der Waals surface area contributed by atoms with Gasteiger partial charge in [-0.05, 0) is 23.8 Å². The Morgan fingerprint density at radius 1 is 1.06 bits per heavy atom. The van der Waals surface area contributed by atoms with Crippen LogP contribution in [-0.4, -0.2) is 23.4 Å². The Kier molecular flexibility index (Phi) is 2.29. The molecule has 0 saturated carbocycles. The highest BCUT2D eigenvalue weighted by Gasteiger charge is 2.13. The van der Waals surface area contributed by atoms with Gasteiger partial charge in [-0.3, -0.25) is 0 Å². The zero-order valence-electron chi connectivity index (χ0n) is 9.09. The lowest BCUT2D eigenvalue weighted by atomic mass is 10.1. The molecule has 0 aliphatic carbocycles. The molecule has 1 aromatic carbocycles. The Morgan fingerprint density at radius 2 is 1.88 bits per heavy atom. The summed E-state index contributed by atoms with van der Waals surface area (Å²) < 4.78 is 11.0. The van der Waals surface area contributed by atoms with Gasteiger partial charge in [0.2, 0.25) is 0 Å². The first-order chi connectivity index (χ1) is 8.34. The van der Waals surface area contributed by atoms with Gasteiger partial charge in [-0.2, -0.15) is 5.10 Å². The van der Waals surface area contributed by atoms with Crippen LogP contribution in [0.1, 0.15) is 0 Å². The van der Waals surface area contributed by atoms with Crippen LogP contribution in [0, 0.1) is 0 Å². The molecule has 0 atom stereocenters. The van der Waals surface area contributed by atoms with Gasteiger partial charge in [-0.15, -0.1) is 5.10 Å². The predicted octanol–water partition coefficient (Wildman–Crippen LogP) is 1.50. The third-order valence-corrected chi connectivity index (χ3v) is 2.60. The first-order valence-electron chi connectivity index (χ1n) is 5.32. The Balaban J connectivity index is 2.07. The molecule has 86 valence electrons. The number of nitrogens with zero attached hydrogens (tertiary/aromatic N) is 2. The number of hydrogen-bond donors (Lipinski definition) is 1. The molecular weight excluding hydrogens is 218 g/mol. The number of benzene rings is 1. The van der Waals surface area contributed by atoms with Crippen LogP contribution in [0.5, 0.6) is 11.5 Å². The maximum Gasteiger partial charge on any atom is 0.161 e. The van der Waals surface area contributed by atoms with E-state index in [2.05, 4.69) is 10.2 Å². The number of fused-ring (bicyclic) bond motifs is 1. The van der Waals surface area contributed by atoms with E-state index < -0.39 is 0 Å². The zero-order valence-corrected chi connectivity index (χ0v) is 9.09. The number of ether oxygens (including phenoxy) is 2. The molecule has 0 radical (unpaired) electrons. The Labute approximate surface area is 98.2 Å². The van der Waals surface area contributed by atoms with E-state index in [1.807, 2.05) is 24.3 Å². The molecule has 0 unspecified atom stereocenters. The molecule has 0 saturated heterocycles. The summed E-state index contributed by atoms with van der Waals surface area (Å²) in [7, 11) is 0. The van der Waals surface area contributed by atoms with E-state index in [0.29, 0.717) is 19.0 Å². The van der Waals surface area contributed by atoms with Crippen molar-refractivity contribution in [2.45, 2.75) is 0 Å². The third-order valence-electron chi connectivity index (χ3n) is 2.60. The standard InChI is InChI=1S/C12H11N3O2/c13-12-9(3-4-14-15-12)8-1-2-10-11(7-8)17-6-5-16-10/h1-4,7H,5-6H2,(H2,13,15). The van der Waals surface area contributed by atoms with Gasteiger partial charge in [-0.1, -0.05) is 6.07 Å².